The smallest absolute Gasteiger partial charge is 0.0164 e. The Hall–Kier alpha value is -0.600. The highest BCUT2D eigenvalue weighted by Crippen LogP contribution is 2.34. The summed E-state index contributed by atoms with van der Waals surface area (Å²) in [7, 11) is 0. The van der Waals surface area contributed by atoms with Crippen LogP contribution in [0.2, 0.25) is 0 Å². The fraction of sp³-hybridized carbons (Fsp3) is 0.778. The minimum Gasteiger partial charge on any atom is -0.314 e. The van der Waals surface area contributed by atoms with E-state index in [-0.39, 0.29) is 0 Å². The molecule has 1 fully saturated rings. The van der Waals surface area contributed by atoms with E-state index in [0.717, 1.165) is 43.9 Å². The zero-order valence-corrected chi connectivity index (χ0v) is 13.8. The summed E-state index contributed by atoms with van der Waals surface area (Å²) in [5.74, 6) is 2.39. The highest BCUT2D eigenvalue weighted by atomic mass is 15.1. The Bertz CT molecular complexity index is 277. The van der Waals surface area contributed by atoms with Gasteiger partial charge in [-0.15, -0.1) is 13.2 Å². The van der Waals surface area contributed by atoms with Gasteiger partial charge >= 0.3 is 0 Å². The molecule has 116 valence electrons. The van der Waals surface area contributed by atoms with Crippen LogP contribution in [0, 0.1) is 17.8 Å². The van der Waals surface area contributed by atoms with E-state index >= 15 is 0 Å². The molecule has 4 atom stereocenters. The summed E-state index contributed by atoms with van der Waals surface area (Å²) >= 11 is 0. The van der Waals surface area contributed by atoms with Crippen molar-refractivity contribution >= 4 is 0 Å². The normalized spacial score (nSPS) is 30.4. The number of hydrogen-bond acceptors (Lipinski definition) is 2. The van der Waals surface area contributed by atoms with Crippen molar-refractivity contribution in [1.82, 2.24) is 10.2 Å². The molecule has 0 aromatic heterocycles. The van der Waals surface area contributed by atoms with Gasteiger partial charge in [0, 0.05) is 25.7 Å². The monoisotopic (exact) mass is 278 g/mol. The van der Waals surface area contributed by atoms with Crippen molar-refractivity contribution in [1.29, 1.82) is 0 Å². The second-order valence-corrected chi connectivity index (χ2v) is 6.57. The minimum absolute atomic E-state index is 0.672. The fourth-order valence-corrected chi connectivity index (χ4v) is 3.67. The molecule has 0 spiro atoms. The first kappa shape index (κ1) is 17.5. The summed E-state index contributed by atoms with van der Waals surface area (Å²) in [5, 5.41) is 3.79. The lowest BCUT2D eigenvalue weighted by Crippen LogP contribution is -2.49. The van der Waals surface area contributed by atoms with Gasteiger partial charge in [-0.2, -0.15) is 0 Å². The molecule has 2 heteroatoms. The largest absolute Gasteiger partial charge is 0.314 e. The highest BCUT2D eigenvalue weighted by Gasteiger charge is 2.34. The van der Waals surface area contributed by atoms with E-state index in [1.165, 1.54) is 19.3 Å². The molecule has 0 radical (unpaired) electrons. The summed E-state index contributed by atoms with van der Waals surface area (Å²) in [5.41, 5.74) is 0. The van der Waals surface area contributed by atoms with Crippen LogP contribution in [0.25, 0.3) is 0 Å². The summed E-state index contributed by atoms with van der Waals surface area (Å²) in [4.78, 5) is 2.47. The van der Waals surface area contributed by atoms with Crippen molar-refractivity contribution in [2.24, 2.45) is 17.8 Å². The molecule has 1 rings (SSSR count). The number of hydrogen-bond donors (Lipinski definition) is 1. The number of rotatable bonds is 9. The Morgan fingerprint density at radius 2 is 1.80 bits per heavy atom. The molecule has 0 saturated heterocycles. The predicted octanol–water partition coefficient (Wildman–Crippen LogP) is 3.71. The zero-order chi connectivity index (χ0) is 15.0. The fourth-order valence-electron chi connectivity index (χ4n) is 3.67. The molecular formula is C18H34N2. The molecule has 0 aromatic carbocycles. The Balaban J connectivity index is 2.68. The molecule has 0 heterocycles. The van der Waals surface area contributed by atoms with Crippen LogP contribution in [0.5, 0.6) is 0 Å². The first-order valence-corrected chi connectivity index (χ1v) is 8.29. The summed E-state index contributed by atoms with van der Waals surface area (Å²) < 4.78 is 0. The van der Waals surface area contributed by atoms with Gasteiger partial charge in [0.15, 0.2) is 0 Å². The van der Waals surface area contributed by atoms with Crippen LogP contribution in [-0.2, 0) is 0 Å². The van der Waals surface area contributed by atoms with Crippen molar-refractivity contribution in [2.45, 2.75) is 46.1 Å². The maximum atomic E-state index is 3.88. The van der Waals surface area contributed by atoms with Crippen LogP contribution in [0.3, 0.4) is 0 Å². The van der Waals surface area contributed by atoms with Crippen molar-refractivity contribution in [3.8, 4) is 0 Å². The van der Waals surface area contributed by atoms with Gasteiger partial charge < -0.3 is 5.32 Å². The van der Waals surface area contributed by atoms with Gasteiger partial charge in [-0.1, -0.05) is 32.9 Å². The molecule has 1 N–H and O–H groups in total. The Kier molecular flexibility index (Phi) is 8.16. The molecule has 1 aliphatic carbocycles. The van der Waals surface area contributed by atoms with Crippen molar-refractivity contribution < 1.29 is 0 Å². The summed E-state index contributed by atoms with van der Waals surface area (Å²) in [6, 6.07) is 0.672. The topological polar surface area (TPSA) is 15.3 Å². The van der Waals surface area contributed by atoms with E-state index in [0.29, 0.717) is 6.04 Å². The van der Waals surface area contributed by atoms with Gasteiger partial charge in [0.1, 0.15) is 0 Å². The Morgan fingerprint density at radius 3 is 2.35 bits per heavy atom. The first-order chi connectivity index (χ1) is 9.62. The van der Waals surface area contributed by atoms with E-state index in [1.807, 2.05) is 12.2 Å². The van der Waals surface area contributed by atoms with E-state index in [9.17, 15) is 0 Å². The maximum absolute atomic E-state index is 3.88. The predicted molar refractivity (Wildman–Crippen MR) is 90.0 cm³/mol. The summed E-state index contributed by atoms with van der Waals surface area (Å²) in [6.07, 6.45) is 7.92. The lowest BCUT2D eigenvalue weighted by Gasteiger charge is -2.42. The van der Waals surface area contributed by atoms with E-state index in [4.69, 9.17) is 0 Å². The van der Waals surface area contributed by atoms with Crippen molar-refractivity contribution in [2.75, 3.05) is 26.2 Å². The van der Waals surface area contributed by atoms with Crippen molar-refractivity contribution in [3.05, 3.63) is 25.3 Å². The van der Waals surface area contributed by atoms with Gasteiger partial charge in [-0.25, -0.2) is 0 Å². The van der Waals surface area contributed by atoms with E-state index in [1.54, 1.807) is 0 Å². The third-order valence-corrected chi connectivity index (χ3v) is 4.58. The molecule has 0 amide bonds. The molecular weight excluding hydrogens is 244 g/mol. The molecule has 0 bridgehead atoms. The van der Waals surface area contributed by atoms with Gasteiger partial charge in [0.05, 0.1) is 0 Å². The summed E-state index contributed by atoms with van der Waals surface area (Å²) in [6.45, 7) is 19.1. The van der Waals surface area contributed by atoms with Gasteiger partial charge in [-0.05, 0) is 43.6 Å². The number of nitrogens with zero attached hydrogens (tertiary/aromatic N) is 1. The molecule has 4 unspecified atom stereocenters. The van der Waals surface area contributed by atoms with E-state index in [2.05, 4.69) is 44.1 Å². The highest BCUT2D eigenvalue weighted by molar-refractivity contribution is 4.91. The molecule has 0 aromatic rings. The first-order valence-electron chi connectivity index (χ1n) is 8.29. The molecule has 20 heavy (non-hydrogen) atoms. The van der Waals surface area contributed by atoms with Crippen molar-refractivity contribution in [3.63, 3.8) is 0 Å². The average molecular weight is 278 g/mol. The van der Waals surface area contributed by atoms with Crippen LogP contribution >= 0.6 is 0 Å². The van der Waals surface area contributed by atoms with Gasteiger partial charge in [-0.3, -0.25) is 4.90 Å². The lowest BCUT2D eigenvalue weighted by molar-refractivity contribution is 0.110. The molecule has 1 aliphatic rings. The zero-order valence-electron chi connectivity index (χ0n) is 13.8. The van der Waals surface area contributed by atoms with Crippen LogP contribution in [-0.4, -0.2) is 37.1 Å². The number of nitrogens with one attached hydrogen (secondary N) is 1. The maximum Gasteiger partial charge on any atom is 0.0164 e. The quantitative estimate of drug-likeness (QED) is 0.647. The standard InChI is InChI=1S/C18H34N2/c1-6-9-19-18-13-15(4)12-16(5)17(18)14-20(10-7-2)11-8-3/h7-8,15-19H,2-3,6,9-14H2,1,4-5H3. The SMILES string of the molecule is C=CCN(CC=C)CC1C(C)CC(C)CC1NCCC. The van der Waals surface area contributed by atoms with Crippen LogP contribution < -0.4 is 5.32 Å². The van der Waals surface area contributed by atoms with Crippen LogP contribution in [0.4, 0.5) is 0 Å². The van der Waals surface area contributed by atoms with Crippen LogP contribution in [0.1, 0.15) is 40.0 Å². The molecule has 0 aliphatic heterocycles. The minimum atomic E-state index is 0.672. The van der Waals surface area contributed by atoms with E-state index < -0.39 is 0 Å². The second kappa shape index (κ2) is 9.36. The lowest BCUT2D eigenvalue weighted by atomic mass is 9.72. The Labute approximate surface area is 126 Å². The third-order valence-electron chi connectivity index (χ3n) is 4.58. The third kappa shape index (κ3) is 5.41. The Morgan fingerprint density at radius 1 is 1.15 bits per heavy atom. The average Bonchev–Trinajstić information content (AvgIpc) is 2.40. The van der Waals surface area contributed by atoms with Gasteiger partial charge in [0.25, 0.3) is 0 Å². The molecule has 2 nitrogen and oxygen atoms in total. The van der Waals surface area contributed by atoms with Gasteiger partial charge in [0.2, 0.25) is 0 Å². The molecule has 1 saturated carbocycles. The van der Waals surface area contributed by atoms with Crippen LogP contribution in [0.15, 0.2) is 25.3 Å². The second-order valence-electron chi connectivity index (χ2n) is 6.57.